The molecule has 1 heterocycles. The van der Waals surface area contributed by atoms with Crippen molar-refractivity contribution in [3.63, 3.8) is 0 Å². The molecule has 1 aliphatic heterocycles. The van der Waals surface area contributed by atoms with Gasteiger partial charge in [-0.3, -0.25) is 9.69 Å². The molecule has 0 aromatic heterocycles. The summed E-state index contributed by atoms with van der Waals surface area (Å²) in [6, 6.07) is 7.68. The van der Waals surface area contributed by atoms with Gasteiger partial charge in [0.25, 0.3) is 0 Å². The highest BCUT2D eigenvalue weighted by molar-refractivity contribution is 5.70. The van der Waals surface area contributed by atoms with Crippen LogP contribution in [0, 0.1) is 11.7 Å². The van der Waals surface area contributed by atoms with Gasteiger partial charge >= 0.3 is 5.97 Å². The molecule has 0 aliphatic carbocycles. The highest BCUT2D eigenvalue weighted by Gasteiger charge is 2.33. The molecule has 168 valence electrons. The van der Waals surface area contributed by atoms with Crippen LogP contribution in [0.4, 0.5) is 4.39 Å². The summed E-state index contributed by atoms with van der Waals surface area (Å²) in [5.41, 5.74) is 1.44. The molecular formula is C23H28FNO6. The Labute approximate surface area is 181 Å². The van der Waals surface area contributed by atoms with Crippen LogP contribution < -0.4 is 18.9 Å². The number of hydrogen-bond acceptors (Lipinski definition) is 6. The second-order valence-electron chi connectivity index (χ2n) is 7.40. The number of rotatable bonds is 8. The third-order valence-electron chi connectivity index (χ3n) is 5.73. The highest BCUT2D eigenvalue weighted by Crippen LogP contribution is 2.44. The molecule has 1 N–H and O–H groups in total. The number of piperidine rings is 1. The second kappa shape index (κ2) is 9.87. The van der Waals surface area contributed by atoms with Crippen molar-refractivity contribution >= 4 is 5.97 Å². The summed E-state index contributed by atoms with van der Waals surface area (Å²) in [6.07, 6.45) is 1.02. The lowest BCUT2D eigenvalue weighted by Gasteiger charge is -2.37. The molecule has 0 spiro atoms. The molecule has 0 bridgehead atoms. The van der Waals surface area contributed by atoms with Crippen molar-refractivity contribution < 1.29 is 33.2 Å². The van der Waals surface area contributed by atoms with Crippen LogP contribution >= 0.6 is 0 Å². The molecule has 1 fully saturated rings. The van der Waals surface area contributed by atoms with Crippen LogP contribution in [0.15, 0.2) is 30.3 Å². The molecule has 1 saturated heterocycles. The number of carboxylic acid groups (broad SMARTS) is 1. The monoisotopic (exact) mass is 433 g/mol. The van der Waals surface area contributed by atoms with Crippen LogP contribution in [-0.2, 0) is 4.79 Å². The van der Waals surface area contributed by atoms with Crippen molar-refractivity contribution in [2.75, 3.05) is 41.5 Å². The van der Waals surface area contributed by atoms with Crippen molar-refractivity contribution in [2.24, 2.45) is 5.92 Å². The molecule has 31 heavy (non-hydrogen) atoms. The summed E-state index contributed by atoms with van der Waals surface area (Å²) in [7, 11) is 6.15. The zero-order valence-electron chi connectivity index (χ0n) is 18.2. The minimum Gasteiger partial charge on any atom is -0.496 e. The normalized spacial score (nSPS) is 15.9. The topological polar surface area (TPSA) is 77.5 Å². The van der Waals surface area contributed by atoms with E-state index in [0.29, 0.717) is 54.5 Å². The van der Waals surface area contributed by atoms with Crippen LogP contribution in [0.25, 0.3) is 0 Å². The largest absolute Gasteiger partial charge is 0.496 e. The quantitative estimate of drug-likeness (QED) is 0.679. The number of halogens is 1. The van der Waals surface area contributed by atoms with Crippen molar-refractivity contribution in [2.45, 2.75) is 18.9 Å². The van der Waals surface area contributed by atoms with E-state index >= 15 is 0 Å². The molecular weight excluding hydrogens is 405 g/mol. The Morgan fingerprint density at radius 2 is 1.55 bits per heavy atom. The van der Waals surface area contributed by atoms with Crippen molar-refractivity contribution in [1.29, 1.82) is 0 Å². The van der Waals surface area contributed by atoms with Crippen LogP contribution in [0.5, 0.6) is 23.0 Å². The average molecular weight is 433 g/mol. The number of aliphatic carboxylic acids is 1. The predicted molar refractivity (Wildman–Crippen MR) is 113 cm³/mol. The lowest BCUT2D eigenvalue weighted by Crippen LogP contribution is -2.39. The summed E-state index contributed by atoms with van der Waals surface area (Å²) in [5, 5.41) is 9.37. The summed E-state index contributed by atoms with van der Waals surface area (Å²) in [4.78, 5) is 13.6. The van der Waals surface area contributed by atoms with Gasteiger partial charge in [0.05, 0.1) is 40.4 Å². The van der Waals surface area contributed by atoms with Crippen LogP contribution in [0.1, 0.15) is 30.0 Å². The lowest BCUT2D eigenvalue weighted by molar-refractivity contribution is -0.143. The Morgan fingerprint density at radius 3 is 2.03 bits per heavy atom. The van der Waals surface area contributed by atoms with E-state index in [1.54, 1.807) is 13.2 Å². The van der Waals surface area contributed by atoms with E-state index in [1.165, 1.54) is 33.5 Å². The molecule has 1 aliphatic rings. The van der Waals surface area contributed by atoms with E-state index in [9.17, 15) is 14.3 Å². The molecule has 8 heteroatoms. The van der Waals surface area contributed by atoms with Gasteiger partial charge in [-0.1, -0.05) is 0 Å². The van der Waals surface area contributed by atoms with Crippen LogP contribution in [0.3, 0.4) is 0 Å². The average Bonchev–Trinajstić information content (AvgIpc) is 2.79. The lowest BCUT2D eigenvalue weighted by atomic mass is 9.90. The third kappa shape index (κ3) is 4.69. The second-order valence-corrected chi connectivity index (χ2v) is 7.40. The highest BCUT2D eigenvalue weighted by atomic mass is 19.1. The molecule has 0 amide bonds. The van der Waals surface area contributed by atoms with Gasteiger partial charge in [0.15, 0.2) is 11.5 Å². The summed E-state index contributed by atoms with van der Waals surface area (Å²) in [5.74, 6) is 0.423. The summed E-state index contributed by atoms with van der Waals surface area (Å²) >= 11 is 0. The molecule has 1 unspecified atom stereocenters. The Hall–Kier alpha value is -3.00. The molecule has 2 aromatic carbocycles. The SMILES string of the molecule is COc1ccc(F)cc1C(c1cc(OC)c(OC)c(OC)c1)N1CCC(C(=O)O)CC1. The number of carbonyl (C=O) groups is 1. The number of benzene rings is 2. The molecule has 1 atom stereocenters. The van der Waals surface area contributed by atoms with Crippen LogP contribution in [0.2, 0.25) is 0 Å². The number of hydrogen-bond donors (Lipinski definition) is 1. The Morgan fingerprint density at radius 1 is 0.968 bits per heavy atom. The van der Waals surface area contributed by atoms with E-state index in [-0.39, 0.29) is 11.7 Å². The number of carboxylic acids is 1. The van der Waals surface area contributed by atoms with E-state index in [1.807, 2.05) is 12.1 Å². The molecule has 3 rings (SSSR count). The fraction of sp³-hybridized carbons (Fsp3) is 0.435. The minimum atomic E-state index is -0.785. The molecule has 2 aromatic rings. The maximum absolute atomic E-state index is 14.3. The molecule has 7 nitrogen and oxygen atoms in total. The fourth-order valence-corrected chi connectivity index (χ4v) is 4.17. The predicted octanol–water partition coefficient (Wildman–Crippen LogP) is 3.75. The molecule has 0 saturated carbocycles. The number of methoxy groups -OCH3 is 4. The first-order chi connectivity index (χ1) is 14.9. The van der Waals surface area contributed by atoms with E-state index in [4.69, 9.17) is 18.9 Å². The van der Waals surface area contributed by atoms with Gasteiger partial charge < -0.3 is 24.1 Å². The first kappa shape index (κ1) is 22.7. The Kier molecular flexibility index (Phi) is 7.22. The summed E-state index contributed by atoms with van der Waals surface area (Å²) in [6.45, 7) is 1.08. The van der Waals surface area contributed by atoms with Gasteiger partial charge in [0.2, 0.25) is 5.75 Å². The minimum absolute atomic E-state index is 0.381. The maximum atomic E-state index is 14.3. The third-order valence-corrected chi connectivity index (χ3v) is 5.73. The van der Waals surface area contributed by atoms with E-state index in [0.717, 1.165) is 5.56 Å². The van der Waals surface area contributed by atoms with Gasteiger partial charge in [0, 0.05) is 5.56 Å². The van der Waals surface area contributed by atoms with Crippen molar-refractivity contribution in [3.8, 4) is 23.0 Å². The number of nitrogens with zero attached hydrogens (tertiary/aromatic N) is 1. The van der Waals surface area contributed by atoms with Gasteiger partial charge in [-0.2, -0.15) is 0 Å². The Bertz CT molecular complexity index is 901. The van der Waals surface area contributed by atoms with Gasteiger partial charge in [-0.05, 0) is 61.8 Å². The Balaban J connectivity index is 2.14. The molecule has 0 radical (unpaired) electrons. The van der Waals surface area contributed by atoms with E-state index < -0.39 is 12.0 Å². The van der Waals surface area contributed by atoms with Gasteiger partial charge in [-0.15, -0.1) is 0 Å². The number of likely N-dealkylation sites (tertiary alicyclic amines) is 1. The first-order valence-corrected chi connectivity index (χ1v) is 10.0. The van der Waals surface area contributed by atoms with Gasteiger partial charge in [-0.25, -0.2) is 4.39 Å². The standard InChI is InChI=1S/C23H28FNO6/c1-28-18-6-5-16(24)13-17(18)21(25-9-7-14(8-10-25)23(26)27)15-11-19(29-2)22(31-4)20(12-15)30-3/h5-6,11-14,21H,7-10H2,1-4H3,(H,26,27). The first-order valence-electron chi connectivity index (χ1n) is 10.0. The fourth-order valence-electron chi connectivity index (χ4n) is 4.17. The summed E-state index contributed by atoms with van der Waals surface area (Å²) < 4.78 is 36.3. The maximum Gasteiger partial charge on any atom is 0.306 e. The van der Waals surface area contributed by atoms with Crippen molar-refractivity contribution in [1.82, 2.24) is 4.90 Å². The number of ether oxygens (including phenoxy) is 4. The van der Waals surface area contributed by atoms with Crippen molar-refractivity contribution in [3.05, 3.63) is 47.3 Å². The van der Waals surface area contributed by atoms with Crippen LogP contribution in [-0.4, -0.2) is 57.5 Å². The van der Waals surface area contributed by atoms with E-state index in [2.05, 4.69) is 4.90 Å². The zero-order chi connectivity index (χ0) is 22.5. The van der Waals surface area contributed by atoms with Gasteiger partial charge in [0.1, 0.15) is 11.6 Å². The zero-order valence-corrected chi connectivity index (χ0v) is 18.2. The smallest absolute Gasteiger partial charge is 0.306 e.